The highest BCUT2D eigenvalue weighted by atomic mass is 19.1. The smallest absolute Gasteiger partial charge is 0.266 e. The van der Waals surface area contributed by atoms with Gasteiger partial charge in [-0.1, -0.05) is 0 Å². The number of furan rings is 1. The number of carbonyl (C=O) groups excluding carboxylic acids is 3. The fraction of sp³-hybridized carbons (Fsp3) is 0.0909. The normalized spacial score (nSPS) is 12.7. The SMILES string of the molecule is Cc1oc(NC(=O)c2ccc3c(c2)C(=O)N(c2ccc(F)cc2)C3=O)c(C#N)c1C. The van der Waals surface area contributed by atoms with Crippen LogP contribution in [0.25, 0.3) is 0 Å². The van der Waals surface area contributed by atoms with Crippen molar-refractivity contribution in [3.05, 3.63) is 81.9 Å². The highest BCUT2D eigenvalue weighted by Gasteiger charge is 2.37. The Morgan fingerprint density at radius 3 is 2.40 bits per heavy atom. The maximum Gasteiger partial charge on any atom is 0.266 e. The second-order valence-electron chi connectivity index (χ2n) is 6.74. The number of carbonyl (C=O) groups is 3. The van der Waals surface area contributed by atoms with E-state index >= 15 is 0 Å². The van der Waals surface area contributed by atoms with E-state index < -0.39 is 23.5 Å². The third-order valence-corrected chi connectivity index (χ3v) is 4.96. The summed E-state index contributed by atoms with van der Waals surface area (Å²) < 4.78 is 18.6. The van der Waals surface area contributed by atoms with Crippen LogP contribution in [0.5, 0.6) is 0 Å². The van der Waals surface area contributed by atoms with Gasteiger partial charge in [-0.25, -0.2) is 9.29 Å². The summed E-state index contributed by atoms with van der Waals surface area (Å²) in [4.78, 5) is 39.0. The van der Waals surface area contributed by atoms with Gasteiger partial charge in [0, 0.05) is 11.1 Å². The summed E-state index contributed by atoms with van der Waals surface area (Å²) in [6.07, 6.45) is 0. The molecule has 1 aliphatic heterocycles. The minimum absolute atomic E-state index is 0.0216. The first-order chi connectivity index (χ1) is 14.3. The Labute approximate surface area is 170 Å². The molecule has 0 saturated heterocycles. The molecule has 2 heterocycles. The Morgan fingerprint density at radius 1 is 1.07 bits per heavy atom. The molecule has 3 amide bonds. The van der Waals surface area contributed by atoms with Gasteiger partial charge < -0.3 is 4.42 Å². The van der Waals surface area contributed by atoms with Crippen molar-refractivity contribution in [2.45, 2.75) is 13.8 Å². The van der Waals surface area contributed by atoms with Crippen LogP contribution in [0.3, 0.4) is 0 Å². The number of imide groups is 1. The summed E-state index contributed by atoms with van der Waals surface area (Å²) in [5.74, 6) is -1.73. The first-order valence-corrected chi connectivity index (χ1v) is 8.91. The van der Waals surface area contributed by atoms with Crippen molar-refractivity contribution in [1.82, 2.24) is 0 Å². The van der Waals surface area contributed by atoms with Gasteiger partial charge in [-0.15, -0.1) is 0 Å². The lowest BCUT2D eigenvalue weighted by Gasteiger charge is -2.13. The minimum atomic E-state index is -0.612. The number of anilines is 2. The summed E-state index contributed by atoms with van der Waals surface area (Å²) in [6.45, 7) is 3.38. The molecule has 0 spiro atoms. The van der Waals surface area contributed by atoms with E-state index in [1.54, 1.807) is 13.8 Å². The van der Waals surface area contributed by atoms with Crippen LogP contribution in [0, 0.1) is 31.0 Å². The quantitative estimate of drug-likeness (QED) is 0.667. The molecule has 0 aliphatic carbocycles. The zero-order valence-corrected chi connectivity index (χ0v) is 15.9. The van der Waals surface area contributed by atoms with Gasteiger partial charge in [0.25, 0.3) is 17.7 Å². The standard InChI is InChI=1S/C22H14FN3O4/c1-11-12(2)30-20(18(11)10-24)25-19(27)13-3-8-16-17(9-13)22(29)26(21(16)28)15-6-4-14(23)5-7-15/h3-9H,1-2H3,(H,25,27). The number of amides is 3. The molecule has 30 heavy (non-hydrogen) atoms. The Balaban J connectivity index is 1.65. The van der Waals surface area contributed by atoms with E-state index in [2.05, 4.69) is 5.32 Å². The zero-order chi connectivity index (χ0) is 21.6. The third kappa shape index (κ3) is 2.93. The molecule has 0 bridgehead atoms. The van der Waals surface area contributed by atoms with Gasteiger partial charge in [0.05, 0.1) is 16.8 Å². The fourth-order valence-electron chi connectivity index (χ4n) is 3.23. The van der Waals surface area contributed by atoms with Gasteiger partial charge in [-0.2, -0.15) is 5.26 Å². The van der Waals surface area contributed by atoms with Gasteiger partial charge in [0.2, 0.25) is 5.88 Å². The van der Waals surface area contributed by atoms with Crippen LogP contribution < -0.4 is 10.2 Å². The number of halogens is 1. The second kappa shape index (κ2) is 6.97. The Hall–Kier alpha value is -4.25. The number of hydrogen-bond donors (Lipinski definition) is 1. The number of hydrogen-bond acceptors (Lipinski definition) is 5. The van der Waals surface area contributed by atoms with Crippen molar-refractivity contribution in [2.24, 2.45) is 0 Å². The number of aryl methyl sites for hydroxylation is 1. The van der Waals surface area contributed by atoms with E-state index in [1.807, 2.05) is 6.07 Å². The van der Waals surface area contributed by atoms with E-state index in [0.29, 0.717) is 11.3 Å². The van der Waals surface area contributed by atoms with E-state index in [-0.39, 0.29) is 33.8 Å². The number of benzene rings is 2. The summed E-state index contributed by atoms with van der Waals surface area (Å²) in [5.41, 5.74) is 1.39. The van der Waals surface area contributed by atoms with Crippen molar-refractivity contribution in [3.8, 4) is 6.07 Å². The number of rotatable bonds is 3. The molecular weight excluding hydrogens is 389 g/mol. The van der Waals surface area contributed by atoms with Crippen LogP contribution in [-0.4, -0.2) is 17.7 Å². The summed E-state index contributed by atoms with van der Waals surface area (Å²) in [6, 6.07) is 11.0. The topological polar surface area (TPSA) is 103 Å². The molecule has 0 radical (unpaired) electrons. The number of nitrogens with zero attached hydrogens (tertiary/aromatic N) is 2. The van der Waals surface area contributed by atoms with Crippen LogP contribution in [0.15, 0.2) is 46.9 Å². The molecule has 1 aliphatic rings. The average Bonchev–Trinajstić information content (AvgIpc) is 3.14. The van der Waals surface area contributed by atoms with Gasteiger partial charge in [0.15, 0.2) is 0 Å². The Morgan fingerprint density at radius 2 is 1.73 bits per heavy atom. The number of nitrogens with one attached hydrogen (secondary N) is 1. The molecule has 7 nitrogen and oxygen atoms in total. The van der Waals surface area contributed by atoms with E-state index in [1.165, 1.54) is 30.3 Å². The highest BCUT2D eigenvalue weighted by Crippen LogP contribution is 2.30. The van der Waals surface area contributed by atoms with Crippen LogP contribution >= 0.6 is 0 Å². The molecule has 0 fully saturated rings. The Kier molecular flexibility index (Phi) is 4.43. The first-order valence-electron chi connectivity index (χ1n) is 8.91. The van der Waals surface area contributed by atoms with Crippen LogP contribution in [0.2, 0.25) is 0 Å². The minimum Gasteiger partial charge on any atom is -0.444 e. The van der Waals surface area contributed by atoms with Crippen molar-refractivity contribution in [1.29, 1.82) is 5.26 Å². The van der Waals surface area contributed by atoms with E-state index in [4.69, 9.17) is 4.42 Å². The van der Waals surface area contributed by atoms with Crippen LogP contribution in [0.1, 0.15) is 48.0 Å². The molecule has 8 heteroatoms. The van der Waals surface area contributed by atoms with E-state index in [9.17, 15) is 24.0 Å². The molecule has 4 rings (SSSR count). The second-order valence-corrected chi connectivity index (χ2v) is 6.74. The third-order valence-electron chi connectivity index (χ3n) is 4.96. The predicted octanol–water partition coefficient (Wildman–Crippen LogP) is 3.96. The lowest BCUT2D eigenvalue weighted by molar-refractivity contribution is 0.0925. The number of fused-ring (bicyclic) bond motifs is 1. The van der Waals surface area contributed by atoms with Gasteiger partial charge in [-0.05, 0) is 56.3 Å². The van der Waals surface area contributed by atoms with Crippen molar-refractivity contribution < 1.29 is 23.2 Å². The molecule has 148 valence electrons. The first kappa shape index (κ1) is 19.1. The molecule has 0 atom stereocenters. The molecule has 1 aromatic heterocycles. The van der Waals surface area contributed by atoms with Gasteiger partial charge >= 0.3 is 0 Å². The van der Waals surface area contributed by atoms with Crippen molar-refractivity contribution >= 4 is 29.3 Å². The number of nitriles is 1. The lowest BCUT2D eigenvalue weighted by Crippen LogP contribution is -2.29. The highest BCUT2D eigenvalue weighted by molar-refractivity contribution is 6.34. The Bertz CT molecular complexity index is 1270. The maximum absolute atomic E-state index is 13.2. The molecule has 0 saturated carbocycles. The lowest BCUT2D eigenvalue weighted by atomic mass is 10.1. The molecule has 0 unspecified atom stereocenters. The van der Waals surface area contributed by atoms with Crippen LogP contribution in [0.4, 0.5) is 16.0 Å². The predicted molar refractivity (Wildman–Crippen MR) is 105 cm³/mol. The van der Waals surface area contributed by atoms with Gasteiger partial charge in [-0.3, -0.25) is 19.7 Å². The van der Waals surface area contributed by atoms with Crippen LogP contribution in [-0.2, 0) is 0 Å². The summed E-state index contributed by atoms with van der Waals surface area (Å²) in [7, 11) is 0. The molecular formula is C22H14FN3O4. The van der Waals surface area contributed by atoms with E-state index in [0.717, 1.165) is 17.0 Å². The summed E-state index contributed by atoms with van der Waals surface area (Å²) in [5, 5.41) is 11.8. The monoisotopic (exact) mass is 403 g/mol. The molecule has 1 N–H and O–H groups in total. The van der Waals surface area contributed by atoms with Crippen molar-refractivity contribution in [2.75, 3.05) is 10.2 Å². The van der Waals surface area contributed by atoms with Crippen molar-refractivity contribution in [3.63, 3.8) is 0 Å². The summed E-state index contributed by atoms with van der Waals surface area (Å²) >= 11 is 0. The zero-order valence-electron chi connectivity index (χ0n) is 15.9. The average molecular weight is 403 g/mol. The molecule has 3 aromatic rings. The van der Waals surface area contributed by atoms with Gasteiger partial charge in [0.1, 0.15) is 23.2 Å². The molecule has 2 aromatic carbocycles. The maximum atomic E-state index is 13.2. The fourth-order valence-corrected chi connectivity index (χ4v) is 3.23. The largest absolute Gasteiger partial charge is 0.444 e.